The Morgan fingerprint density at radius 2 is 1.89 bits per heavy atom. The number of furan rings is 1. The van der Waals surface area contributed by atoms with E-state index in [0.717, 1.165) is 16.9 Å². The lowest BCUT2D eigenvalue weighted by molar-refractivity contribution is -0.120. The lowest BCUT2D eigenvalue weighted by Crippen LogP contribution is -2.24. The highest BCUT2D eigenvalue weighted by molar-refractivity contribution is 5.79. The smallest absolute Gasteiger partial charge is 0.224 e. The summed E-state index contributed by atoms with van der Waals surface area (Å²) in [5, 5.41) is 2.86. The van der Waals surface area contributed by atoms with Crippen LogP contribution in [0.15, 0.2) is 34.9 Å². The van der Waals surface area contributed by atoms with E-state index >= 15 is 0 Å². The zero-order valence-corrected chi connectivity index (χ0v) is 11.6. The van der Waals surface area contributed by atoms with E-state index in [0.29, 0.717) is 13.0 Å². The second-order valence-electron chi connectivity index (χ2n) is 4.90. The van der Waals surface area contributed by atoms with Gasteiger partial charge in [-0.25, -0.2) is 0 Å². The van der Waals surface area contributed by atoms with E-state index in [9.17, 15) is 4.79 Å². The van der Waals surface area contributed by atoms with Gasteiger partial charge in [-0.05, 0) is 55.2 Å². The number of aryl methyl sites for hydroxylation is 3. The second kappa shape index (κ2) is 5.74. The molecule has 0 saturated carbocycles. The van der Waals surface area contributed by atoms with Gasteiger partial charge < -0.3 is 9.73 Å². The maximum atomic E-state index is 11.9. The van der Waals surface area contributed by atoms with E-state index in [1.165, 1.54) is 11.1 Å². The summed E-state index contributed by atoms with van der Waals surface area (Å²) in [5.41, 5.74) is 4.73. The highest BCUT2D eigenvalue weighted by atomic mass is 16.3. The second-order valence-corrected chi connectivity index (χ2v) is 4.90. The lowest BCUT2D eigenvalue weighted by Gasteiger charge is -2.10. The summed E-state index contributed by atoms with van der Waals surface area (Å²) in [6, 6.07) is 7.89. The van der Waals surface area contributed by atoms with Gasteiger partial charge in [0, 0.05) is 0 Å². The lowest BCUT2D eigenvalue weighted by atomic mass is 9.98. The summed E-state index contributed by atoms with van der Waals surface area (Å²) in [7, 11) is 0. The third-order valence-corrected chi connectivity index (χ3v) is 3.34. The monoisotopic (exact) mass is 257 g/mol. The predicted molar refractivity (Wildman–Crippen MR) is 74.9 cm³/mol. The molecule has 1 aromatic carbocycles. The molecule has 0 saturated heterocycles. The Bertz CT molecular complexity index is 571. The summed E-state index contributed by atoms with van der Waals surface area (Å²) >= 11 is 0. The van der Waals surface area contributed by atoms with Crippen LogP contribution in [-0.4, -0.2) is 5.91 Å². The summed E-state index contributed by atoms with van der Waals surface area (Å²) in [5.74, 6) is 0.785. The van der Waals surface area contributed by atoms with Crippen LogP contribution in [0.5, 0.6) is 0 Å². The molecule has 3 heteroatoms. The first kappa shape index (κ1) is 13.4. The third-order valence-electron chi connectivity index (χ3n) is 3.34. The molecule has 1 amide bonds. The first-order chi connectivity index (χ1) is 9.06. The number of amides is 1. The van der Waals surface area contributed by atoms with Crippen LogP contribution in [0.4, 0.5) is 0 Å². The van der Waals surface area contributed by atoms with Crippen molar-refractivity contribution in [3.8, 4) is 0 Å². The van der Waals surface area contributed by atoms with Crippen molar-refractivity contribution in [1.29, 1.82) is 0 Å². The minimum Gasteiger partial charge on any atom is -0.467 e. The first-order valence-electron chi connectivity index (χ1n) is 6.42. The fraction of sp³-hybridized carbons (Fsp3) is 0.312. The van der Waals surface area contributed by atoms with Crippen LogP contribution < -0.4 is 5.32 Å². The van der Waals surface area contributed by atoms with E-state index in [1.807, 2.05) is 19.1 Å². The molecule has 0 unspecified atom stereocenters. The molecule has 2 rings (SSSR count). The molecule has 19 heavy (non-hydrogen) atoms. The zero-order chi connectivity index (χ0) is 13.8. The van der Waals surface area contributed by atoms with Crippen molar-refractivity contribution in [3.05, 3.63) is 58.5 Å². The number of benzene rings is 1. The fourth-order valence-electron chi connectivity index (χ4n) is 2.05. The molecule has 0 aliphatic heterocycles. The van der Waals surface area contributed by atoms with Crippen molar-refractivity contribution in [2.45, 2.75) is 33.7 Å². The van der Waals surface area contributed by atoms with Crippen molar-refractivity contribution in [2.75, 3.05) is 0 Å². The molecule has 0 radical (unpaired) electrons. The number of rotatable bonds is 4. The summed E-state index contributed by atoms with van der Waals surface area (Å²) in [4.78, 5) is 11.9. The van der Waals surface area contributed by atoms with E-state index in [-0.39, 0.29) is 5.91 Å². The molecule has 1 heterocycles. The standard InChI is InChI=1S/C16H19NO2/c1-11-7-13(3)14(8-12(11)2)9-16(18)17-10-15-5-4-6-19-15/h4-8H,9-10H2,1-3H3,(H,17,18). The number of hydrogen-bond donors (Lipinski definition) is 1. The summed E-state index contributed by atoms with van der Waals surface area (Å²) in [6.07, 6.45) is 2.02. The quantitative estimate of drug-likeness (QED) is 0.914. The normalized spacial score (nSPS) is 10.5. The average molecular weight is 257 g/mol. The van der Waals surface area contributed by atoms with Gasteiger partial charge in [0.1, 0.15) is 5.76 Å². The van der Waals surface area contributed by atoms with E-state index in [2.05, 4.69) is 31.3 Å². The van der Waals surface area contributed by atoms with Crippen molar-refractivity contribution in [3.63, 3.8) is 0 Å². The van der Waals surface area contributed by atoms with Crippen molar-refractivity contribution in [2.24, 2.45) is 0 Å². The van der Waals surface area contributed by atoms with E-state index in [1.54, 1.807) is 6.26 Å². The highest BCUT2D eigenvalue weighted by Crippen LogP contribution is 2.15. The zero-order valence-electron chi connectivity index (χ0n) is 11.6. The predicted octanol–water partition coefficient (Wildman–Crippen LogP) is 3.06. The van der Waals surface area contributed by atoms with Gasteiger partial charge in [0.25, 0.3) is 0 Å². The maximum absolute atomic E-state index is 11.9. The number of carbonyl (C=O) groups is 1. The van der Waals surface area contributed by atoms with Gasteiger partial charge in [-0.2, -0.15) is 0 Å². The molecule has 1 N–H and O–H groups in total. The molecule has 0 bridgehead atoms. The van der Waals surface area contributed by atoms with E-state index in [4.69, 9.17) is 4.42 Å². The highest BCUT2D eigenvalue weighted by Gasteiger charge is 2.08. The SMILES string of the molecule is Cc1cc(C)c(CC(=O)NCc2ccco2)cc1C. The Morgan fingerprint density at radius 1 is 1.16 bits per heavy atom. The molecule has 1 aromatic heterocycles. The number of carbonyl (C=O) groups excluding carboxylic acids is 1. The molecule has 3 nitrogen and oxygen atoms in total. The molecule has 2 aromatic rings. The average Bonchev–Trinajstić information content (AvgIpc) is 2.86. The molecule has 0 atom stereocenters. The largest absolute Gasteiger partial charge is 0.467 e. The molecule has 0 fully saturated rings. The summed E-state index contributed by atoms with van der Waals surface area (Å²) in [6.45, 7) is 6.64. The fourth-order valence-corrected chi connectivity index (χ4v) is 2.05. The first-order valence-corrected chi connectivity index (χ1v) is 6.42. The molecule has 100 valence electrons. The van der Waals surface area contributed by atoms with Gasteiger partial charge in [-0.1, -0.05) is 12.1 Å². The van der Waals surface area contributed by atoms with Crippen molar-refractivity contribution < 1.29 is 9.21 Å². The maximum Gasteiger partial charge on any atom is 0.224 e. The minimum absolute atomic E-state index is 0.0164. The van der Waals surface area contributed by atoms with Crippen LogP contribution in [0, 0.1) is 20.8 Å². The van der Waals surface area contributed by atoms with Gasteiger partial charge in [-0.3, -0.25) is 4.79 Å². The van der Waals surface area contributed by atoms with Crippen molar-refractivity contribution >= 4 is 5.91 Å². The Kier molecular flexibility index (Phi) is 4.05. The summed E-state index contributed by atoms with van der Waals surface area (Å²) < 4.78 is 5.18. The van der Waals surface area contributed by atoms with Gasteiger partial charge in [0.05, 0.1) is 19.2 Å². The van der Waals surface area contributed by atoms with Crippen LogP contribution in [0.2, 0.25) is 0 Å². The van der Waals surface area contributed by atoms with Gasteiger partial charge >= 0.3 is 0 Å². The molecule has 0 spiro atoms. The Hall–Kier alpha value is -2.03. The Labute approximate surface area is 113 Å². The Morgan fingerprint density at radius 3 is 2.58 bits per heavy atom. The van der Waals surface area contributed by atoms with Crippen molar-refractivity contribution in [1.82, 2.24) is 5.32 Å². The molecule has 0 aliphatic rings. The topological polar surface area (TPSA) is 42.2 Å². The van der Waals surface area contributed by atoms with Gasteiger partial charge in [-0.15, -0.1) is 0 Å². The van der Waals surface area contributed by atoms with Crippen LogP contribution in [0.25, 0.3) is 0 Å². The van der Waals surface area contributed by atoms with E-state index < -0.39 is 0 Å². The van der Waals surface area contributed by atoms with Crippen LogP contribution in [-0.2, 0) is 17.8 Å². The number of nitrogens with one attached hydrogen (secondary N) is 1. The van der Waals surface area contributed by atoms with Crippen LogP contribution >= 0.6 is 0 Å². The third kappa shape index (κ3) is 3.47. The number of hydrogen-bond acceptors (Lipinski definition) is 2. The molecular formula is C16H19NO2. The van der Waals surface area contributed by atoms with Gasteiger partial charge in [0.2, 0.25) is 5.91 Å². The minimum atomic E-state index is 0.0164. The van der Waals surface area contributed by atoms with Crippen LogP contribution in [0.3, 0.4) is 0 Å². The van der Waals surface area contributed by atoms with Gasteiger partial charge in [0.15, 0.2) is 0 Å². The molecule has 0 aliphatic carbocycles. The van der Waals surface area contributed by atoms with Crippen LogP contribution in [0.1, 0.15) is 28.0 Å². The Balaban J connectivity index is 1.97. The molecular weight excluding hydrogens is 238 g/mol.